The molecule has 0 aromatic heterocycles. The van der Waals surface area contributed by atoms with Gasteiger partial charge in [-0.2, -0.15) is 0 Å². The number of carbonyl (C=O) groups excluding carboxylic acids is 2. The van der Waals surface area contributed by atoms with Crippen molar-refractivity contribution in [3.05, 3.63) is 31.8 Å². The molecule has 1 heterocycles. The van der Waals surface area contributed by atoms with Crippen molar-refractivity contribution in [2.24, 2.45) is 5.92 Å². The molecule has 0 saturated carbocycles. The quantitative estimate of drug-likeness (QED) is 0.507. The Labute approximate surface area is 146 Å². The maximum absolute atomic E-state index is 12.6. The minimum absolute atomic E-state index is 0.0188. The van der Waals surface area contributed by atoms with Crippen LogP contribution in [0.5, 0.6) is 0 Å². The lowest BCUT2D eigenvalue weighted by Crippen LogP contribution is -2.43. The van der Waals surface area contributed by atoms with Gasteiger partial charge in [0, 0.05) is 21.1 Å². The van der Waals surface area contributed by atoms with Gasteiger partial charge in [0.1, 0.15) is 0 Å². The van der Waals surface area contributed by atoms with Gasteiger partial charge in [0.25, 0.3) is 5.91 Å². The largest absolute Gasteiger partial charge is 0.466 e. The second-order valence-electron chi connectivity index (χ2n) is 4.97. The van der Waals surface area contributed by atoms with Crippen LogP contribution in [0.25, 0.3) is 0 Å². The number of halogens is 2. The molecule has 0 N–H and O–H groups in total. The van der Waals surface area contributed by atoms with E-state index in [0.717, 1.165) is 20.9 Å². The van der Waals surface area contributed by atoms with Gasteiger partial charge >= 0.3 is 5.97 Å². The zero-order chi connectivity index (χ0) is 15.4. The first-order valence-corrected chi connectivity index (χ1v) is 8.81. The maximum Gasteiger partial charge on any atom is 0.310 e. The van der Waals surface area contributed by atoms with Crippen molar-refractivity contribution in [1.82, 2.24) is 4.90 Å². The summed E-state index contributed by atoms with van der Waals surface area (Å²) in [6.07, 6.45) is 1.62. The average molecular weight is 466 g/mol. The van der Waals surface area contributed by atoms with E-state index in [1.807, 2.05) is 18.2 Å². The lowest BCUT2D eigenvalue weighted by Gasteiger charge is -2.31. The van der Waals surface area contributed by atoms with Crippen LogP contribution in [0, 0.1) is 9.49 Å². The number of benzene rings is 1. The van der Waals surface area contributed by atoms with Crippen molar-refractivity contribution in [2.75, 3.05) is 19.7 Å². The van der Waals surface area contributed by atoms with Gasteiger partial charge in [-0.1, -0.05) is 15.9 Å². The Morgan fingerprint density at radius 2 is 2.24 bits per heavy atom. The number of amides is 1. The van der Waals surface area contributed by atoms with E-state index in [2.05, 4.69) is 38.5 Å². The molecule has 1 fully saturated rings. The maximum atomic E-state index is 12.6. The molecule has 1 saturated heterocycles. The number of carbonyl (C=O) groups is 2. The Hall–Kier alpha value is -0.630. The number of esters is 1. The topological polar surface area (TPSA) is 46.6 Å². The van der Waals surface area contributed by atoms with Gasteiger partial charge < -0.3 is 9.64 Å². The molecule has 0 spiro atoms. The van der Waals surface area contributed by atoms with Crippen molar-refractivity contribution < 1.29 is 14.3 Å². The fourth-order valence-electron chi connectivity index (χ4n) is 2.45. The van der Waals surface area contributed by atoms with Gasteiger partial charge in [-0.3, -0.25) is 9.59 Å². The third-order valence-corrected chi connectivity index (χ3v) is 4.92. The summed E-state index contributed by atoms with van der Waals surface area (Å²) < 4.78 is 6.87. The van der Waals surface area contributed by atoms with Crippen molar-refractivity contribution in [3.8, 4) is 0 Å². The third-order valence-electron chi connectivity index (χ3n) is 3.49. The van der Waals surface area contributed by atoms with Crippen LogP contribution in [0.4, 0.5) is 0 Å². The molecular weight excluding hydrogens is 449 g/mol. The minimum Gasteiger partial charge on any atom is -0.466 e. The van der Waals surface area contributed by atoms with E-state index in [0.29, 0.717) is 25.3 Å². The lowest BCUT2D eigenvalue weighted by atomic mass is 9.97. The Morgan fingerprint density at radius 3 is 2.95 bits per heavy atom. The average Bonchev–Trinajstić information content (AvgIpc) is 2.49. The molecule has 4 nitrogen and oxygen atoms in total. The molecule has 1 aliphatic rings. The highest BCUT2D eigenvalue weighted by atomic mass is 127. The number of hydrogen-bond donors (Lipinski definition) is 0. The van der Waals surface area contributed by atoms with Crippen LogP contribution < -0.4 is 0 Å². The Kier molecular flexibility index (Phi) is 6.04. The predicted octanol–water partition coefficient (Wildman–Crippen LogP) is 3.47. The summed E-state index contributed by atoms with van der Waals surface area (Å²) in [5.41, 5.74) is 0.675. The zero-order valence-corrected chi connectivity index (χ0v) is 15.5. The van der Waals surface area contributed by atoms with E-state index in [9.17, 15) is 9.59 Å². The molecular formula is C15H17BrINO3. The molecule has 0 unspecified atom stereocenters. The van der Waals surface area contributed by atoms with E-state index in [4.69, 9.17) is 4.74 Å². The first kappa shape index (κ1) is 16.7. The highest BCUT2D eigenvalue weighted by Gasteiger charge is 2.30. The standard InChI is InChI=1S/C15H17BrINO3/c1-2-21-15(20)10-4-3-7-18(9-10)14(19)12-8-11(16)5-6-13(12)17/h5-6,8,10H,2-4,7,9H2,1H3/t10-/m0/s1. The van der Waals surface area contributed by atoms with E-state index in [1.165, 1.54) is 0 Å². The van der Waals surface area contributed by atoms with E-state index in [1.54, 1.807) is 11.8 Å². The molecule has 0 aliphatic carbocycles. The van der Waals surface area contributed by atoms with Crippen LogP contribution in [0.2, 0.25) is 0 Å². The molecule has 2 rings (SSSR count). The minimum atomic E-state index is -0.201. The summed E-state index contributed by atoms with van der Waals surface area (Å²) in [6, 6.07) is 5.65. The first-order chi connectivity index (χ1) is 10.0. The van der Waals surface area contributed by atoms with Crippen LogP contribution in [-0.2, 0) is 9.53 Å². The van der Waals surface area contributed by atoms with Crippen LogP contribution >= 0.6 is 38.5 Å². The van der Waals surface area contributed by atoms with Gasteiger partial charge in [0.15, 0.2) is 0 Å². The first-order valence-electron chi connectivity index (χ1n) is 6.94. The predicted molar refractivity (Wildman–Crippen MR) is 92.1 cm³/mol. The van der Waals surface area contributed by atoms with E-state index in [-0.39, 0.29) is 17.8 Å². The molecule has 1 aromatic carbocycles. The summed E-state index contributed by atoms with van der Waals surface area (Å²) in [5.74, 6) is -0.416. The Balaban J connectivity index is 2.12. The van der Waals surface area contributed by atoms with Gasteiger partial charge in [0.2, 0.25) is 0 Å². The van der Waals surface area contributed by atoms with Crippen molar-refractivity contribution in [3.63, 3.8) is 0 Å². The second kappa shape index (κ2) is 7.58. The van der Waals surface area contributed by atoms with Gasteiger partial charge in [-0.05, 0) is 60.6 Å². The summed E-state index contributed by atoms with van der Waals surface area (Å²) in [6.45, 7) is 3.32. The van der Waals surface area contributed by atoms with Crippen LogP contribution in [0.1, 0.15) is 30.1 Å². The molecule has 6 heteroatoms. The smallest absolute Gasteiger partial charge is 0.310 e. The number of hydrogen-bond acceptors (Lipinski definition) is 3. The van der Waals surface area contributed by atoms with Crippen LogP contribution in [0.15, 0.2) is 22.7 Å². The normalized spacial score (nSPS) is 18.4. The van der Waals surface area contributed by atoms with Crippen LogP contribution in [0.3, 0.4) is 0 Å². The lowest BCUT2D eigenvalue weighted by molar-refractivity contribution is -0.149. The summed E-state index contributed by atoms with van der Waals surface area (Å²) in [4.78, 5) is 26.3. The van der Waals surface area contributed by atoms with Gasteiger partial charge in [-0.15, -0.1) is 0 Å². The SMILES string of the molecule is CCOC(=O)[C@H]1CCCN(C(=O)c2cc(Br)ccc2I)C1. The van der Waals surface area contributed by atoms with Crippen molar-refractivity contribution in [1.29, 1.82) is 0 Å². The molecule has 1 aliphatic heterocycles. The zero-order valence-electron chi connectivity index (χ0n) is 11.8. The number of rotatable bonds is 3. The van der Waals surface area contributed by atoms with Gasteiger partial charge in [-0.25, -0.2) is 0 Å². The Bertz CT molecular complexity index is 550. The van der Waals surface area contributed by atoms with Crippen molar-refractivity contribution >= 4 is 50.4 Å². The molecule has 1 aromatic rings. The van der Waals surface area contributed by atoms with E-state index < -0.39 is 0 Å². The number of ether oxygens (including phenoxy) is 1. The third kappa shape index (κ3) is 4.18. The fraction of sp³-hybridized carbons (Fsp3) is 0.467. The molecule has 1 atom stereocenters. The fourth-order valence-corrected chi connectivity index (χ4v) is 3.37. The summed E-state index contributed by atoms with van der Waals surface area (Å²) in [7, 11) is 0. The van der Waals surface area contributed by atoms with Gasteiger partial charge in [0.05, 0.1) is 18.1 Å². The van der Waals surface area contributed by atoms with Crippen molar-refractivity contribution in [2.45, 2.75) is 19.8 Å². The molecule has 21 heavy (non-hydrogen) atoms. The molecule has 0 radical (unpaired) electrons. The highest BCUT2D eigenvalue weighted by Crippen LogP contribution is 2.24. The second-order valence-corrected chi connectivity index (χ2v) is 7.04. The molecule has 114 valence electrons. The monoisotopic (exact) mass is 465 g/mol. The summed E-state index contributed by atoms with van der Waals surface area (Å²) in [5, 5.41) is 0. The number of likely N-dealkylation sites (tertiary alicyclic amines) is 1. The number of piperidine rings is 1. The molecule has 1 amide bonds. The molecule has 0 bridgehead atoms. The highest BCUT2D eigenvalue weighted by molar-refractivity contribution is 14.1. The van der Waals surface area contributed by atoms with E-state index >= 15 is 0 Å². The Morgan fingerprint density at radius 1 is 1.48 bits per heavy atom. The number of nitrogens with zero attached hydrogens (tertiary/aromatic N) is 1. The summed E-state index contributed by atoms with van der Waals surface area (Å²) >= 11 is 5.56. The van der Waals surface area contributed by atoms with Crippen LogP contribution in [-0.4, -0.2) is 36.5 Å².